The second-order valence-corrected chi connectivity index (χ2v) is 10.5. The van der Waals surface area contributed by atoms with Gasteiger partial charge < -0.3 is 9.84 Å². The van der Waals surface area contributed by atoms with Crippen LogP contribution in [0.1, 0.15) is 156 Å². The maximum atomic E-state index is 12.6. The lowest BCUT2D eigenvalue weighted by Gasteiger charge is -2.16. The Balaban J connectivity index is 3.88. The number of aliphatic hydroxyl groups is 1. The van der Waals surface area contributed by atoms with Gasteiger partial charge in [-0.2, -0.15) is 0 Å². The number of carbonyl (C=O) groups excluding carboxylic acids is 1. The van der Waals surface area contributed by atoms with Gasteiger partial charge in [-0.15, -0.1) is 0 Å². The summed E-state index contributed by atoms with van der Waals surface area (Å²) in [7, 11) is 0. The molecule has 0 aliphatic carbocycles. The standard InChI is InChI=1S/C29H58O3/c1-5-7-9-11-14-18-22-27(21-17-10-8-6-2)29(31)32-24-20-16-13-12-15-19-23-28(30)25-26(3)4/h26-28,30H,5-25H2,1-4H3. The lowest BCUT2D eigenvalue weighted by molar-refractivity contribution is -0.149. The molecule has 0 fully saturated rings. The van der Waals surface area contributed by atoms with Gasteiger partial charge in [-0.1, -0.05) is 124 Å². The van der Waals surface area contributed by atoms with Crippen LogP contribution in [0, 0.1) is 11.8 Å². The van der Waals surface area contributed by atoms with E-state index in [0.717, 1.165) is 51.4 Å². The molecule has 2 atom stereocenters. The van der Waals surface area contributed by atoms with E-state index >= 15 is 0 Å². The Kier molecular flexibility index (Phi) is 23.2. The second-order valence-electron chi connectivity index (χ2n) is 10.5. The van der Waals surface area contributed by atoms with E-state index in [1.807, 2.05) is 0 Å². The molecule has 0 spiro atoms. The molecule has 1 N–H and O–H groups in total. The van der Waals surface area contributed by atoms with Crippen molar-refractivity contribution in [3.63, 3.8) is 0 Å². The van der Waals surface area contributed by atoms with Gasteiger partial charge in [0.25, 0.3) is 0 Å². The first kappa shape index (κ1) is 31.4. The minimum absolute atomic E-state index is 0.0641. The van der Waals surface area contributed by atoms with E-state index in [1.165, 1.54) is 77.0 Å². The Hall–Kier alpha value is -0.570. The summed E-state index contributed by atoms with van der Waals surface area (Å²) in [5, 5.41) is 9.92. The summed E-state index contributed by atoms with van der Waals surface area (Å²) in [6, 6.07) is 0. The molecule has 0 aliphatic rings. The quantitative estimate of drug-likeness (QED) is 0.117. The number of unbranched alkanes of at least 4 members (excludes halogenated alkanes) is 13. The first-order valence-electron chi connectivity index (χ1n) is 14.4. The minimum Gasteiger partial charge on any atom is -0.465 e. The van der Waals surface area contributed by atoms with Crippen LogP contribution in [0.3, 0.4) is 0 Å². The maximum absolute atomic E-state index is 12.6. The third-order valence-corrected chi connectivity index (χ3v) is 6.57. The highest BCUT2D eigenvalue weighted by molar-refractivity contribution is 5.72. The molecule has 0 aromatic carbocycles. The average Bonchev–Trinajstić information content (AvgIpc) is 2.75. The molecular weight excluding hydrogens is 396 g/mol. The van der Waals surface area contributed by atoms with Crippen LogP contribution in [0.25, 0.3) is 0 Å². The lowest BCUT2D eigenvalue weighted by Crippen LogP contribution is -2.18. The molecule has 0 aromatic rings. The van der Waals surface area contributed by atoms with Crippen LogP contribution in [0.4, 0.5) is 0 Å². The number of hydrogen-bond acceptors (Lipinski definition) is 3. The van der Waals surface area contributed by atoms with E-state index in [1.54, 1.807) is 0 Å². The monoisotopic (exact) mass is 454 g/mol. The van der Waals surface area contributed by atoms with Gasteiger partial charge in [-0.25, -0.2) is 0 Å². The molecule has 2 unspecified atom stereocenters. The Morgan fingerprint density at radius 3 is 1.62 bits per heavy atom. The molecule has 0 amide bonds. The Bertz CT molecular complexity index is 394. The average molecular weight is 455 g/mol. The van der Waals surface area contributed by atoms with Gasteiger partial charge in [0, 0.05) is 0 Å². The lowest BCUT2D eigenvalue weighted by atomic mass is 9.94. The first-order valence-corrected chi connectivity index (χ1v) is 14.4. The molecule has 192 valence electrons. The van der Waals surface area contributed by atoms with Crippen LogP contribution < -0.4 is 0 Å². The Morgan fingerprint density at radius 2 is 1.09 bits per heavy atom. The van der Waals surface area contributed by atoms with Crippen molar-refractivity contribution in [3.05, 3.63) is 0 Å². The third kappa shape index (κ3) is 21.3. The summed E-state index contributed by atoms with van der Waals surface area (Å²) in [6.07, 6.45) is 23.2. The summed E-state index contributed by atoms with van der Waals surface area (Å²) >= 11 is 0. The topological polar surface area (TPSA) is 46.5 Å². The summed E-state index contributed by atoms with van der Waals surface area (Å²) in [6.45, 7) is 9.41. The van der Waals surface area contributed by atoms with Crippen molar-refractivity contribution in [1.82, 2.24) is 0 Å². The van der Waals surface area contributed by atoms with Gasteiger partial charge in [-0.05, 0) is 38.0 Å². The number of esters is 1. The molecule has 0 aromatic heterocycles. The molecule has 3 nitrogen and oxygen atoms in total. The third-order valence-electron chi connectivity index (χ3n) is 6.57. The highest BCUT2D eigenvalue weighted by atomic mass is 16.5. The number of carbonyl (C=O) groups is 1. The van der Waals surface area contributed by atoms with Crippen LogP contribution in [-0.2, 0) is 9.53 Å². The van der Waals surface area contributed by atoms with Crippen LogP contribution >= 0.6 is 0 Å². The van der Waals surface area contributed by atoms with Crippen LogP contribution in [0.5, 0.6) is 0 Å². The number of aliphatic hydroxyl groups excluding tert-OH is 1. The predicted molar refractivity (Wildman–Crippen MR) is 139 cm³/mol. The predicted octanol–water partition coefficient (Wildman–Crippen LogP) is 9.00. The molecule has 32 heavy (non-hydrogen) atoms. The Morgan fingerprint density at radius 1 is 0.656 bits per heavy atom. The van der Waals surface area contributed by atoms with Crippen molar-refractivity contribution in [1.29, 1.82) is 0 Å². The summed E-state index contributed by atoms with van der Waals surface area (Å²) in [5.74, 6) is 0.763. The zero-order valence-electron chi connectivity index (χ0n) is 22.3. The molecule has 3 heteroatoms. The van der Waals surface area contributed by atoms with Gasteiger partial charge in [0.2, 0.25) is 0 Å². The van der Waals surface area contributed by atoms with E-state index in [0.29, 0.717) is 12.5 Å². The normalized spacial score (nSPS) is 13.4. The van der Waals surface area contributed by atoms with Crippen molar-refractivity contribution in [2.24, 2.45) is 11.8 Å². The van der Waals surface area contributed by atoms with Crippen LogP contribution in [-0.4, -0.2) is 23.8 Å². The van der Waals surface area contributed by atoms with Gasteiger partial charge in [-0.3, -0.25) is 4.79 Å². The molecule has 0 radical (unpaired) electrons. The highest BCUT2D eigenvalue weighted by Crippen LogP contribution is 2.21. The molecule has 0 heterocycles. The zero-order valence-corrected chi connectivity index (χ0v) is 22.3. The van der Waals surface area contributed by atoms with E-state index in [-0.39, 0.29) is 18.0 Å². The summed E-state index contributed by atoms with van der Waals surface area (Å²) in [5.41, 5.74) is 0. The SMILES string of the molecule is CCCCCCCCC(CCCCCC)C(=O)OCCCCCCCCC(O)CC(C)C. The molecule has 0 bridgehead atoms. The van der Waals surface area contributed by atoms with Crippen LogP contribution in [0.2, 0.25) is 0 Å². The fourth-order valence-electron chi connectivity index (χ4n) is 4.51. The number of rotatable bonds is 24. The van der Waals surface area contributed by atoms with Crippen molar-refractivity contribution >= 4 is 5.97 Å². The van der Waals surface area contributed by atoms with Gasteiger partial charge in [0.1, 0.15) is 0 Å². The summed E-state index contributed by atoms with van der Waals surface area (Å²) < 4.78 is 5.68. The van der Waals surface area contributed by atoms with Gasteiger partial charge in [0.05, 0.1) is 18.6 Å². The first-order chi connectivity index (χ1) is 15.5. The minimum atomic E-state index is -0.124. The smallest absolute Gasteiger partial charge is 0.308 e. The molecule has 0 rings (SSSR count). The van der Waals surface area contributed by atoms with Crippen molar-refractivity contribution in [2.45, 2.75) is 162 Å². The van der Waals surface area contributed by atoms with Crippen LogP contribution in [0.15, 0.2) is 0 Å². The van der Waals surface area contributed by atoms with E-state index in [2.05, 4.69) is 27.7 Å². The highest BCUT2D eigenvalue weighted by Gasteiger charge is 2.19. The largest absolute Gasteiger partial charge is 0.465 e. The maximum Gasteiger partial charge on any atom is 0.308 e. The van der Waals surface area contributed by atoms with Crippen molar-refractivity contribution in [2.75, 3.05) is 6.61 Å². The van der Waals surface area contributed by atoms with E-state index in [9.17, 15) is 9.90 Å². The molecule has 0 saturated heterocycles. The van der Waals surface area contributed by atoms with E-state index in [4.69, 9.17) is 4.74 Å². The molecule has 0 aliphatic heterocycles. The summed E-state index contributed by atoms with van der Waals surface area (Å²) in [4.78, 5) is 12.6. The fourth-order valence-corrected chi connectivity index (χ4v) is 4.51. The van der Waals surface area contributed by atoms with Crippen molar-refractivity contribution in [3.8, 4) is 0 Å². The second kappa shape index (κ2) is 23.6. The zero-order chi connectivity index (χ0) is 23.9. The number of ether oxygens (including phenoxy) is 1. The van der Waals surface area contributed by atoms with Gasteiger partial charge in [0.15, 0.2) is 0 Å². The molecule has 0 saturated carbocycles. The van der Waals surface area contributed by atoms with Crippen molar-refractivity contribution < 1.29 is 14.6 Å². The van der Waals surface area contributed by atoms with Gasteiger partial charge >= 0.3 is 5.97 Å². The molecular formula is C29H58O3. The van der Waals surface area contributed by atoms with E-state index < -0.39 is 0 Å². The Labute approximate surface area is 201 Å². The number of hydrogen-bond donors (Lipinski definition) is 1. The fraction of sp³-hybridized carbons (Fsp3) is 0.966.